The van der Waals surface area contributed by atoms with Crippen molar-refractivity contribution >= 4 is 27.5 Å². The molecule has 2 amide bonds. The Balaban J connectivity index is 1.18. The van der Waals surface area contributed by atoms with Crippen LogP contribution in [0.4, 0.5) is 5.69 Å². The first-order chi connectivity index (χ1) is 16.2. The van der Waals surface area contributed by atoms with Crippen LogP contribution in [0, 0.1) is 23.2 Å². The minimum atomic E-state index is -3.63. The third-order valence-corrected chi connectivity index (χ3v) is 10.2. The van der Waals surface area contributed by atoms with Crippen LogP contribution < -0.4 is 10.6 Å². The lowest BCUT2D eigenvalue weighted by Gasteiger charge is -2.48. The summed E-state index contributed by atoms with van der Waals surface area (Å²) in [5.41, 5.74) is 1.78. The summed E-state index contributed by atoms with van der Waals surface area (Å²) in [6, 6.07) is 6.17. The average molecular weight is 484 g/mol. The van der Waals surface area contributed by atoms with Gasteiger partial charge < -0.3 is 10.6 Å². The average Bonchev–Trinajstić information content (AvgIpc) is 3.02. The van der Waals surface area contributed by atoms with Gasteiger partial charge in [-0.25, -0.2) is 8.42 Å². The molecule has 3 aliphatic carbocycles. The Bertz CT molecular complexity index is 1140. The maximum atomic E-state index is 13.3. The minimum Gasteiger partial charge on any atom is -0.353 e. The van der Waals surface area contributed by atoms with E-state index in [9.17, 15) is 18.0 Å². The van der Waals surface area contributed by atoms with E-state index < -0.39 is 10.0 Å². The first-order valence-electron chi connectivity index (χ1n) is 12.3. The molecular weight excluding hydrogens is 450 g/mol. The first-order valence-corrected chi connectivity index (χ1v) is 13.7. The van der Waals surface area contributed by atoms with E-state index in [1.165, 1.54) is 28.4 Å². The van der Waals surface area contributed by atoms with E-state index in [0.29, 0.717) is 49.4 Å². The monoisotopic (exact) mass is 483 g/mol. The predicted molar refractivity (Wildman–Crippen MR) is 130 cm³/mol. The Morgan fingerprint density at radius 1 is 1.15 bits per heavy atom. The summed E-state index contributed by atoms with van der Waals surface area (Å²) in [5, 5.41) is 5.90. The summed E-state index contributed by atoms with van der Waals surface area (Å²) in [5.74, 6) is 1.53. The fourth-order valence-corrected chi connectivity index (χ4v) is 8.09. The number of allylic oxidation sites excluding steroid dienone is 2. The van der Waals surface area contributed by atoms with Crippen LogP contribution in [0.5, 0.6) is 0 Å². The summed E-state index contributed by atoms with van der Waals surface area (Å²) in [4.78, 5) is 24.9. The lowest BCUT2D eigenvalue weighted by atomic mass is 9.57. The van der Waals surface area contributed by atoms with Crippen molar-refractivity contribution in [2.45, 2.75) is 56.4 Å². The number of hydrogen-bond acceptors (Lipinski definition) is 4. The van der Waals surface area contributed by atoms with Crippen LogP contribution in [0.25, 0.3) is 0 Å². The maximum Gasteiger partial charge on any atom is 0.247 e. The smallest absolute Gasteiger partial charge is 0.247 e. The molecule has 0 spiro atoms. The highest BCUT2D eigenvalue weighted by Gasteiger charge is 2.61. The van der Waals surface area contributed by atoms with Gasteiger partial charge in [-0.15, -0.1) is 0 Å². The topological polar surface area (TPSA) is 95.6 Å². The molecule has 1 heterocycles. The number of fused-ring (bicyclic) bond motifs is 1. The fourth-order valence-electron chi connectivity index (χ4n) is 6.62. The van der Waals surface area contributed by atoms with Gasteiger partial charge >= 0.3 is 0 Å². The van der Waals surface area contributed by atoms with E-state index in [4.69, 9.17) is 0 Å². The van der Waals surface area contributed by atoms with Crippen LogP contribution >= 0.6 is 0 Å². The quantitative estimate of drug-likeness (QED) is 0.478. The number of anilines is 1. The Labute approximate surface area is 201 Å². The zero-order chi connectivity index (χ0) is 24.1. The van der Waals surface area contributed by atoms with E-state index in [-0.39, 0.29) is 28.2 Å². The van der Waals surface area contributed by atoms with Crippen molar-refractivity contribution in [3.8, 4) is 0 Å². The van der Waals surface area contributed by atoms with E-state index in [2.05, 4.69) is 30.2 Å². The first kappa shape index (κ1) is 23.3. The zero-order valence-corrected chi connectivity index (χ0v) is 20.4. The number of nitrogens with zero attached hydrogens (tertiary/aromatic N) is 1. The Kier molecular flexibility index (Phi) is 5.92. The predicted octanol–water partition coefficient (Wildman–Crippen LogP) is 3.46. The number of piperidine rings is 1. The molecule has 4 aliphatic rings. The Hall–Kier alpha value is -2.45. The normalized spacial score (nSPS) is 31.1. The lowest BCUT2D eigenvalue weighted by Crippen LogP contribution is -2.55. The molecule has 1 saturated heterocycles. The lowest BCUT2D eigenvalue weighted by molar-refractivity contribution is -0.137. The molecule has 0 aromatic heterocycles. The van der Waals surface area contributed by atoms with Gasteiger partial charge in [0.15, 0.2) is 0 Å². The molecule has 2 saturated carbocycles. The second-order valence-corrected chi connectivity index (χ2v) is 12.5. The van der Waals surface area contributed by atoms with Gasteiger partial charge in [-0.05, 0) is 86.6 Å². The summed E-state index contributed by atoms with van der Waals surface area (Å²) < 4.78 is 27.7. The molecule has 3 fully saturated rings. The second-order valence-electron chi connectivity index (χ2n) is 10.5. The van der Waals surface area contributed by atoms with Gasteiger partial charge in [-0.3, -0.25) is 9.59 Å². The Morgan fingerprint density at radius 3 is 2.53 bits per heavy atom. The maximum absolute atomic E-state index is 13.3. The molecule has 8 heteroatoms. The molecular formula is C26H33N3O4S. The molecule has 1 aromatic carbocycles. The molecule has 1 aliphatic heterocycles. The van der Waals surface area contributed by atoms with Crippen LogP contribution in [-0.2, 0) is 19.6 Å². The highest BCUT2D eigenvalue weighted by Crippen LogP contribution is 2.65. The third kappa shape index (κ3) is 4.01. The van der Waals surface area contributed by atoms with E-state index in [1.807, 2.05) is 0 Å². The molecule has 4 unspecified atom stereocenters. The summed E-state index contributed by atoms with van der Waals surface area (Å²) in [7, 11) is -3.63. The van der Waals surface area contributed by atoms with Crippen LogP contribution in [0.3, 0.4) is 0 Å². The summed E-state index contributed by atoms with van der Waals surface area (Å²) in [6.45, 7) is 6.44. The van der Waals surface area contributed by atoms with Crippen molar-refractivity contribution in [3.05, 3.63) is 48.6 Å². The molecule has 0 radical (unpaired) electrons. The van der Waals surface area contributed by atoms with Crippen molar-refractivity contribution in [1.82, 2.24) is 9.62 Å². The van der Waals surface area contributed by atoms with Gasteiger partial charge in [0.1, 0.15) is 0 Å². The van der Waals surface area contributed by atoms with Gasteiger partial charge in [-0.1, -0.05) is 25.2 Å². The number of nitrogens with one attached hydrogen (secondary N) is 2. The van der Waals surface area contributed by atoms with Gasteiger partial charge in [-0.2, -0.15) is 4.31 Å². The number of carbonyl (C=O) groups excluding carboxylic acids is 2. The number of hydrogen-bond donors (Lipinski definition) is 2. The van der Waals surface area contributed by atoms with Crippen LogP contribution in [-0.4, -0.2) is 43.7 Å². The number of carbonyl (C=O) groups is 2. The minimum absolute atomic E-state index is 0.0133. The zero-order valence-electron chi connectivity index (χ0n) is 19.6. The van der Waals surface area contributed by atoms with Crippen molar-refractivity contribution in [2.75, 3.05) is 18.4 Å². The third-order valence-electron chi connectivity index (χ3n) is 8.25. The molecule has 7 nitrogen and oxygen atoms in total. The SMILES string of the molecule is C=CC(=O)Nc1ccc(S(=O)(=O)N2CCC(NC(=O)C34CC5=CC(C)CC(CC53)C4)CC2)cc1. The Morgan fingerprint density at radius 2 is 1.85 bits per heavy atom. The molecule has 2 bridgehead atoms. The summed E-state index contributed by atoms with van der Waals surface area (Å²) >= 11 is 0. The largest absolute Gasteiger partial charge is 0.353 e. The summed E-state index contributed by atoms with van der Waals surface area (Å²) in [6.07, 6.45) is 9.03. The van der Waals surface area contributed by atoms with E-state index in [0.717, 1.165) is 25.3 Å². The number of benzene rings is 1. The van der Waals surface area contributed by atoms with Crippen LogP contribution in [0.15, 0.2) is 53.5 Å². The van der Waals surface area contributed by atoms with E-state index in [1.54, 1.807) is 12.1 Å². The van der Waals surface area contributed by atoms with Gasteiger partial charge in [0.2, 0.25) is 21.8 Å². The number of rotatable bonds is 6. The molecule has 1 aromatic rings. The number of sulfonamides is 1. The second kappa shape index (κ2) is 8.64. The van der Waals surface area contributed by atoms with Crippen LogP contribution in [0.1, 0.15) is 45.4 Å². The van der Waals surface area contributed by atoms with E-state index >= 15 is 0 Å². The molecule has 34 heavy (non-hydrogen) atoms. The van der Waals surface area contributed by atoms with Crippen molar-refractivity contribution in [3.63, 3.8) is 0 Å². The fraction of sp³-hybridized carbons (Fsp3) is 0.538. The highest BCUT2D eigenvalue weighted by molar-refractivity contribution is 7.89. The molecule has 5 rings (SSSR count). The molecule has 2 N–H and O–H groups in total. The van der Waals surface area contributed by atoms with Crippen molar-refractivity contribution in [2.24, 2.45) is 23.2 Å². The highest BCUT2D eigenvalue weighted by atomic mass is 32.2. The standard InChI is InChI=1S/C26H33N3O4S/c1-3-24(30)27-20-4-6-22(7-5-20)34(32,33)29-10-8-21(9-11-29)28-25(31)26-15-18-12-17(2)13-19(16-26)23(26)14-18/h3-7,13,17-18,21,23H,1,8-12,14-16H2,2H3,(H,27,30)(H,28,31). The molecule has 4 atom stereocenters. The number of amides is 2. The van der Waals surface area contributed by atoms with Crippen LogP contribution in [0.2, 0.25) is 0 Å². The molecule has 182 valence electrons. The van der Waals surface area contributed by atoms with Gasteiger partial charge in [0, 0.05) is 24.8 Å². The van der Waals surface area contributed by atoms with Gasteiger partial charge in [0.25, 0.3) is 0 Å². The van der Waals surface area contributed by atoms with Crippen molar-refractivity contribution in [1.29, 1.82) is 0 Å². The van der Waals surface area contributed by atoms with Crippen molar-refractivity contribution < 1.29 is 18.0 Å². The van der Waals surface area contributed by atoms with Gasteiger partial charge in [0.05, 0.1) is 10.3 Å².